The highest BCUT2D eigenvalue weighted by molar-refractivity contribution is 6.00. The summed E-state index contributed by atoms with van der Waals surface area (Å²) in [6.45, 7) is 0.877. The fraction of sp³-hybridized carbons (Fsp3) is 0.333. The Kier molecular flexibility index (Phi) is 5.23. The van der Waals surface area contributed by atoms with Gasteiger partial charge in [0, 0.05) is 43.7 Å². The van der Waals surface area contributed by atoms with Gasteiger partial charge in [-0.2, -0.15) is 0 Å². The van der Waals surface area contributed by atoms with Gasteiger partial charge in [0.25, 0.3) is 0 Å². The van der Waals surface area contributed by atoms with Crippen LogP contribution in [0.1, 0.15) is 12.0 Å². The van der Waals surface area contributed by atoms with Gasteiger partial charge < -0.3 is 15.0 Å². The van der Waals surface area contributed by atoms with Crippen LogP contribution < -0.4 is 15.0 Å². The first-order valence-electron chi connectivity index (χ1n) is 8.13. The van der Waals surface area contributed by atoms with Crippen molar-refractivity contribution in [2.24, 2.45) is 5.92 Å². The molecule has 0 spiro atoms. The van der Waals surface area contributed by atoms with Crippen LogP contribution in [0.3, 0.4) is 0 Å². The van der Waals surface area contributed by atoms with E-state index in [1.165, 1.54) is 6.33 Å². The number of benzene rings is 1. The summed E-state index contributed by atoms with van der Waals surface area (Å²) in [5.74, 6) is 0.189. The average Bonchev–Trinajstić information content (AvgIpc) is 3.04. The Morgan fingerprint density at radius 1 is 1.36 bits per heavy atom. The molecule has 1 aliphatic heterocycles. The molecule has 1 fully saturated rings. The first-order chi connectivity index (χ1) is 12.2. The summed E-state index contributed by atoms with van der Waals surface area (Å²) < 4.78 is 5.19. The van der Waals surface area contributed by atoms with Crippen LogP contribution in [0.4, 0.5) is 5.69 Å². The maximum atomic E-state index is 12.3. The van der Waals surface area contributed by atoms with E-state index in [-0.39, 0.29) is 24.2 Å². The lowest BCUT2D eigenvalue weighted by atomic mass is 10.1. The molecule has 130 valence electrons. The van der Waals surface area contributed by atoms with Crippen LogP contribution in [0.25, 0.3) is 0 Å². The quantitative estimate of drug-likeness (QED) is 0.854. The molecule has 1 atom stereocenters. The molecule has 1 saturated heterocycles. The third-order valence-corrected chi connectivity index (χ3v) is 4.19. The van der Waals surface area contributed by atoms with E-state index in [1.54, 1.807) is 30.5 Å². The first kappa shape index (κ1) is 16.9. The van der Waals surface area contributed by atoms with Gasteiger partial charge in [0.1, 0.15) is 12.1 Å². The second kappa shape index (κ2) is 7.74. The van der Waals surface area contributed by atoms with Crippen LogP contribution >= 0.6 is 0 Å². The molecule has 25 heavy (non-hydrogen) atoms. The van der Waals surface area contributed by atoms with Crippen LogP contribution in [0, 0.1) is 5.92 Å². The molecule has 7 nitrogen and oxygen atoms in total. The number of carbonyl (C=O) groups is 2. The molecule has 2 heterocycles. The fourth-order valence-corrected chi connectivity index (χ4v) is 2.84. The Morgan fingerprint density at radius 2 is 2.16 bits per heavy atom. The highest BCUT2D eigenvalue weighted by Gasteiger charge is 2.35. The number of nitrogens with zero attached hydrogens (tertiary/aromatic N) is 3. The van der Waals surface area contributed by atoms with Crippen molar-refractivity contribution in [1.29, 1.82) is 0 Å². The lowest BCUT2D eigenvalue weighted by Crippen LogP contribution is -2.34. The molecule has 3 rings (SSSR count). The van der Waals surface area contributed by atoms with E-state index in [1.807, 2.05) is 18.2 Å². The molecule has 1 N–H and O–H groups in total. The third kappa shape index (κ3) is 4.12. The van der Waals surface area contributed by atoms with Crippen molar-refractivity contribution >= 4 is 17.5 Å². The number of hydrogen-bond acceptors (Lipinski definition) is 5. The lowest BCUT2D eigenvalue weighted by Gasteiger charge is -2.17. The zero-order valence-electron chi connectivity index (χ0n) is 14.0. The van der Waals surface area contributed by atoms with E-state index in [2.05, 4.69) is 15.3 Å². The van der Waals surface area contributed by atoms with Gasteiger partial charge in [-0.15, -0.1) is 0 Å². The first-order valence-corrected chi connectivity index (χ1v) is 8.13. The molecule has 2 amide bonds. The van der Waals surface area contributed by atoms with E-state index in [4.69, 9.17) is 4.74 Å². The van der Waals surface area contributed by atoms with Crippen molar-refractivity contribution in [2.75, 3.05) is 25.1 Å². The third-order valence-electron chi connectivity index (χ3n) is 4.19. The average molecular weight is 340 g/mol. The van der Waals surface area contributed by atoms with Crippen molar-refractivity contribution in [1.82, 2.24) is 15.3 Å². The van der Waals surface area contributed by atoms with Crippen molar-refractivity contribution in [2.45, 2.75) is 12.8 Å². The van der Waals surface area contributed by atoms with Gasteiger partial charge in [0.2, 0.25) is 11.8 Å². The van der Waals surface area contributed by atoms with Crippen LogP contribution in [-0.4, -0.2) is 42.0 Å². The number of aromatic nitrogens is 2. The van der Waals surface area contributed by atoms with E-state index in [0.717, 1.165) is 11.3 Å². The van der Waals surface area contributed by atoms with Crippen LogP contribution in [0.5, 0.6) is 5.75 Å². The summed E-state index contributed by atoms with van der Waals surface area (Å²) in [5.41, 5.74) is 1.71. The molecule has 1 unspecified atom stereocenters. The van der Waals surface area contributed by atoms with Gasteiger partial charge in [-0.25, -0.2) is 9.97 Å². The SMILES string of the molecule is COc1cccc(N2CC(C(=O)NCCc3cncnc3)CC2=O)c1. The summed E-state index contributed by atoms with van der Waals surface area (Å²) in [5, 5.41) is 2.89. The topological polar surface area (TPSA) is 84.4 Å². The Morgan fingerprint density at radius 3 is 2.92 bits per heavy atom. The summed E-state index contributed by atoms with van der Waals surface area (Å²) >= 11 is 0. The monoisotopic (exact) mass is 340 g/mol. The number of amides is 2. The molecule has 0 aliphatic carbocycles. The van der Waals surface area contributed by atoms with Crippen molar-refractivity contribution < 1.29 is 14.3 Å². The summed E-state index contributed by atoms with van der Waals surface area (Å²) in [6.07, 6.45) is 5.80. The van der Waals surface area contributed by atoms with E-state index in [9.17, 15) is 9.59 Å². The molecular weight excluding hydrogens is 320 g/mol. The number of hydrogen-bond donors (Lipinski definition) is 1. The predicted molar refractivity (Wildman–Crippen MR) is 92.2 cm³/mol. The van der Waals surface area contributed by atoms with Crippen molar-refractivity contribution in [3.05, 3.63) is 48.5 Å². The van der Waals surface area contributed by atoms with Gasteiger partial charge >= 0.3 is 0 Å². The van der Waals surface area contributed by atoms with Crippen LogP contribution in [0.15, 0.2) is 43.0 Å². The number of ether oxygens (including phenoxy) is 1. The second-order valence-corrected chi connectivity index (χ2v) is 5.89. The van der Waals surface area contributed by atoms with Gasteiger partial charge in [-0.05, 0) is 24.1 Å². The fourth-order valence-electron chi connectivity index (χ4n) is 2.84. The Bertz CT molecular complexity index is 751. The summed E-state index contributed by atoms with van der Waals surface area (Å²) in [4.78, 5) is 34.1. The summed E-state index contributed by atoms with van der Waals surface area (Å²) in [6, 6.07) is 7.29. The van der Waals surface area contributed by atoms with Crippen LogP contribution in [-0.2, 0) is 16.0 Å². The molecule has 1 aromatic carbocycles. The Labute approximate surface area is 146 Å². The number of methoxy groups -OCH3 is 1. The number of carbonyl (C=O) groups excluding carboxylic acids is 2. The second-order valence-electron chi connectivity index (χ2n) is 5.89. The van der Waals surface area contributed by atoms with Crippen LogP contribution in [0.2, 0.25) is 0 Å². The molecule has 0 bridgehead atoms. The van der Waals surface area contributed by atoms with Gasteiger partial charge in [0.05, 0.1) is 13.0 Å². The number of rotatable bonds is 6. The minimum absolute atomic E-state index is 0.0511. The lowest BCUT2D eigenvalue weighted by molar-refractivity contribution is -0.126. The van der Waals surface area contributed by atoms with E-state index in [0.29, 0.717) is 25.3 Å². The van der Waals surface area contributed by atoms with Gasteiger partial charge in [-0.1, -0.05) is 6.07 Å². The van der Waals surface area contributed by atoms with E-state index >= 15 is 0 Å². The molecule has 7 heteroatoms. The molecule has 0 saturated carbocycles. The smallest absolute Gasteiger partial charge is 0.227 e. The van der Waals surface area contributed by atoms with Crippen molar-refractivity contribution in [3.8, 4) is 5.75 Å². The van der Waals surface area contributed by atoms with Crippen molar-refractivity contribution in [3.63, 3.8) is 0 Å². The van der Waals surface area contributed by atoms with Gasteiger partial charge in [0.15, 0.2) is 0 Å². The minimum atomic E-state index is -0.342. The molecule has 1 aliphatic rings. The molecule has 2 aromatic rings. The number of anilines is 1. The minimum Gasteiger partial charge on any atom is -0.497 e. The molecule has 1 aromatic heterocycles. The highest BCUT2D eigenvalue weighted by Crippen LogP contribution is 2.27. The normalized spacial score (nSPS) is 16.8. The zero-order chi connectivity index (χ0) is 17.6. The van der Waals surface area contributed by atoms with E-state index < -0.39 is 0 Å². The molecule has 0 radical (unpaired) electrons. The Balaban J connectivity index is 1.55. The van der Waals surface area contributed by atoms with Gasteiger partial charge in [-0.3, -0.25) is 9.59 Å². The Hall–Kier alpha value is -2.96. The molecular formula is C18H20N4O3. The number of nitrogens with one attached hydrogen (secondary N) is 1. The standard InChI is InChI=1S/C18H20N4O3/c1-25-16-4-2-3-15(8-16)22-11-14(7-17(22)23)18(24)21-6-5-13-9-19-12-20-10-13/h2-4,8-10,12,14H,5-7,11H2,1H3,(H,21,24). The predicted octanol–water partition coefficient (Wildman–Crippen LogP) is 1.20. The summed E-state index contributed by atoms with van der Waals surface area (Å²) in [7, 11) is 1.58. The highest BCUT2D eigenvalue weighted by atomic mass is 16.5. The largest absolute Gasteiger partial charge is 0.497 e. The maximum absolute atomic E-state index is 12.3. The zero-order valence-corrected chi connectivity index (χ0v) is 14.0. The maximum Gasteiger partial charge on any atom is 0.227 e.